The maximum absolute atomic E-state index is 13.0. The Hall–Kier alpha value is -1.63. The first-order valence-electron chi connectivity index (χ1n) is 6.13. The molecule has 0 saturated carbocycles. The van der Waals surface area contributed by atoms with Crippen LogP contribution in [0.2, 0.25) is 0 Å². The number of hydrogen-bond donors (Lipinski definition) is 0. The Morgan fingerprint density at radius 2 is 1.95 bits per heavy atom. The highest BCUT2D eigenvalue weighted by molar-refractivity contribution is 7.15. The normalized spacial score (nSPS) is 17.3. The first kappa shape index (κ1) is 13.4. The first-order valence-corrected chi connectivity index (χ1v) is 6.94. The molecule has 0 spiro atoms. The summed E-state index contributed by atoms with van der Waals surface area (Å²) >= 11 is 1.32. The van der Waals surface area contributed by atoms with Gasteiger partial charge in [-0.3, -0.25) is 4.79 Å². The smallest absolute Gasteiger partial charge is 0.219 e. The second kappa shape index (κ2) is 5.05. The lowest BCUT2D eigenvalue weighted by molar-refractivity contribution is -0.149. The van der Waals surface area contributed by atoms with Crippen LogP contribution in [0.1, 0.15) is 22.4 Å². The second-order valence-electron chi connectivity index (χ2n) is 4.50. The number of nitrogens with zero attached hydrogens (tertiary/aromatic N) is 1. The number of carbonyl (C=O) groups excluding carboxylic acids is 1. The zero-order valence-electron chi connectivity index (χ0n) is 10.8. The molecule has 1 aromatic heterocycles. The van der Waals surface area contributed by atoms with Gasteiger partial charge in [0.15, 0.2) is 11.3 Å². The molecule has 2 heterocycles. The number of benzene rings is 1. The van der Waals surface area contributed by atoms with E-state index in [1.54, 1.807) is 19.1 Å². The van der Waals surface area contributed by atoms with Gasteiger partial charge in [-0.25, -0.2) is 9.37 Å². The maximum atomic E-state index is 13.0. The third kappa shape index (κ3) is 2.26. The van der Waals surface area contributed by atoms with Crippen LogP contribution in [-0.4, -0.2) is 24.5 Å². The van der Waals surface area contributed by atoms with Crippen molar-refractivity contribution in [3.8, 4) is 10.4 Å². The summed E-state index contributed by atoms with van der Waals surface area (Å²) in [6, 6.07) is 5.96. The van der Waals surface area contributed by atoms with Gasteiger partial charge in [-0.1, -0.05) is 12.1 Å². The molecular formula is C14H12FNO3S. The number of aldehydes is 1. The minimum atomic E-state index is -0.902. The number of aromatic nitrogens is 1. The summed E-state index contributed by atoms with van der Waals surface area (Å²) in [7, 11) is 0. The van der Waals surface area contributed by atoms with E-state index in [0.717, 1.165) is 5.56 Å². The van der Waals surface area contributed by atoms with Gasteiger partial charge >= 0.3 is 0 Å². The van der Waals surface area contributed by atoms with Crippen molar-refractivity contribution >= 4 is 17.6 Å². The number of rotatable bonds is 3. The van der Waals surface area contributed by atoms with Crippen molar-refractivity contribution in [2.45, 2.75) is 12.7 Å². The van der Waals surface area contributed by atoms with Gasteiger partial charge in [-0.2, -0.15) is 0 Å². The molecule has 0 aliphatic carbocycles. The highest BCUT2D eigenvalue weighted by atomic mass is 32.1. The average molecular weight is 293 g/mol. The topological polar surface area (TPSA) is 48.4 Å². The molecule has 6 heteroatoms. The minimum absolute atomic E-state index is 0.317. The highest BCUT2D eigenvalue weighted by Crippen LogP contribution is 2.38. The molecule has 1 fully saturated rings. The Balaban J connectivity index is 2.05. The molecule has 20 heavy (non-hydrogen) atoms. The van der Waals surface area contributed by atoms with Crippen molar-refractivity contribution in [1.29, 1.82) is 0 Å². The molecule has 104 valence electrons. The van der Waals surface area contributed by atoms with E-state index in [0.29, 0.717) is 35.1 Å². The number of hydrogen-bond acceptors (Lipinski definition) is 5. The molecule has 0 bridgehead atoms. The Bertz CT molecular complexity index is 632. The van der Waals surface area contributed by atoms with Gasteiger partial charge < -0.3 is 9.47 Å². The monoisotopic (exact) mass is 293 g/mol. The fourth-order valence-electron chi connectivity index (χ4n) is 2.05. The second-order valence-corrected chi connectivity index (χ2v) is 5.50. The van der Waals surface area contributed by atoms with Crippen molar-refractivity contribution in [1.82, 2.24) is 4.98 Å². The SMILES string of the molecule is CC1(c2nc(C=O)c(-c3ccc(F)cc3)s2)OCCO1. The van der Waals surface area contributed by atoms with Crippen LogP contribution in [0.25, 0.3) is 10.4 Å². The Kier molecular flexibility index (Phi) is 3.37. The third-order valence-corrected chi connectivity index (χ3v) is 4.40. The van der Waals surface area contributed by atoms with E-state index in [2.05, 4.69) is 4.98 Å². The number of carbonyl (C=O) groups is 1. The van der Waals surface area contributed by atoms with Crippen LogP contribution in [0.5, 0.6) is 0 Å². The molecule has 0 atom stereocenters. The van der Waals surface area contributed by atoms with E-state index in [9.17, 15) is 9.18 Å². The predicted molar refractivity (Wildman–Crippen MR) is 72.2 cm³/mol. The lowest BCUT2D eigenvalue weighted by atomic mass is 10.1. The van der Waals surface area contributed by atoms with Gasteiger partial charge in [0.2, 0.25) is 5.79 Å². The van der Waals surface area contributed by atoms with E-state index < -0.39 is 5.79 Å². The molecule has 0 radical (unpaired) electrons. The zero-order chi connectivity index (χ0) is 14.2. The molecule has 1 aliphatic heterocycles. The Morgan fingerprint density at radius 3 is 2.55 bits per heavy atom. The standard InChI is InChI=1S/C14H12FNO3S/c1-14(18-6-7-19-14)13-16-11(8-17)12(20-13)9-2-4-10(15)5-3-9/h2-5,8H,6-7H2,1H3. The summed E-state index contributed by atoms with van der Waals surface area (Å²) in [5, 5.41) is 0.594. The Morgan fingerprint density at radius 1 is 1.30 bits per heavy atom. The molecule has 0 amide bonds. The highest BCUT2D eigenvalue weighted by Gasteiger charge is 2.37. The molecule has 0 N–H and O–H groups in total. The quantitative estimate of drug-likeness (QED) is 0.816. The van der Waals surface area contributed by atoms with E-state index in [-0.39, 0.29) is 5.82 Å². The molecule has 0 unspecified atom stereocenters. The van der Waals surface area contributed by atoms with Crippen molar-refractivity contribution < 1.29 is 18.7 Å². The molecule has 1 saturated heterocycles. The van der Waals surface area contributed by atoms with Crippen LogP contribution in [0.15, 0.2) is 24.3 Å². The van der Waals surface area contributed by atoms with Crippen LogP contribution in [0.3, 0.4) is 0 Å². The van der Waals surface area contributed by atoms with Gasteiger partial charge in [-0.05, 0) is 24.6 Å². The van der Waals surface area contributed by atoms with E-state index in [1.165, 1.54) is 23.5 Å². The van der Waals surface area contributed by atoms with E-state index >= 15 is 0 Å². The van der Waals surface area contributed by atoms with E-state index in [4.69, 9.17) is 9.47 Å². The van der Waals surface area contributed by atoms with Crippen molar-refractivity contribution in [3.05, 3.63) is 40.8 Å². The fraction of sp³-hybridized carbons (Fsp3) is 0.286. The van der Waals surface area contributed by atoms with Crippen molar-refractivity contribution in [3.63, 3.8) is 0 Å². The lowest BCUT2D eigenvalue weighted by Crippen LogP contribution is -2.22. The maximum Gasteiger partial charge on any atom is 0.219 e. The summed E-state index contributed by atoms with van der Waals surface area (Å²) in [4.78, 5) is 16.2. The number of thiazole rings is 1. The van der Waals surface area contributed by atoms with Gasteiger partial charge in [0.1, 0.15) is 11.5 Å². The molecule has 2 aromatic rings. The van der Waals surface area contributed by atoms with E-state index in [1.807, 2.05) is 0 Å². The van der Waals surface area contributed by atoms with Gasteiger partial charge in [0.25, 0.3) is 0 Å². The summed E-state index contributed by atoms with van der Waals surface area (Å²) in [6.45, 7) is 2.78. The van der Waals surface area contributed by atoms with Crippen molar-refractivity contribution in [2.75, 3.05) is 13.2 Å². The number of ether oxygens (including phenoxy) is 2. The fourth-order valence-corrected chi connectivity index (χ4v) is 3.14. The molecule has 4 nitrogen and oxygen atoms in total. The summed E-state index contributed by atoms with van der Waals surface area (Å²) in [6.07, 6.45) is 0.691. The van der Waals surface area contributed by atoms with Crippen LogP contribution < -0.4 is 0 Å². The predicted octanol–water partition coefficient (Wildman–Crippen LogP) is 2.98. The van der Waals surface area contributed by atoms with Crippen LogP contribution >= 0.6 is 11.3 Å². The third-order valence-electron chi connectivity index (χ3n) is 3.10. The zero-order valence-corrected chi connectivity index (χ0v) is 11.6. The van der Waals surface area contributed by atoms with Crippen LogP contribution in [0, 0.1) is 5.82 Å². The number of halogens is 1. The Labute approximate surface area is 119 Å². The molecule has 1 aliphatic rings. The largest absolute Gasteiger partial charge is 0.342 e. The van der Waals surface area contributed by atoms with Gasteiger partial charge in [0, 0.05) is 0 Å². The summed E-state index contributed by atoms with van der Waals surface area (Å²) in [5.74, 6) is -1.22. The first-order chi connectivity index (χ1) is 9.62. The molecule has 1 aromatic carbocycles. The van der Waals surface area contributed by atoms with Crippen LogP contribution in [-0.2, 0) is 15.3 Å². The molecule has 3 rings (SSSR count). The minimum Gasteiger partial charge on any atom is -0.342 e. The summed E-state index contributed by atoms with van der Waals surface area (Å²) in [5.41, 5.74) is 1.07. The lowest BCUT2D eigenvalue weighted by Gasteiger charge is -2.18. The average Bonchev–Trinajstić information content (AvgIpc) is 3.07. The van der Waals surface area contributed by atoms with Crippen LogP contribution in [0.4, 0.5) is 4.39 Å². The van der Waals surface area contributed by atoms with Crippen molar-refractivity contribution in [2.24, 2.45) is 0 Å². The summed E-state index contributed by atoms with van der Waals surface area (Å²) < 4.78 is 24.1. The molecular weight excluding hydrogens is 281 g/mol. The van der Waals surface area contributed by atoms with Gasteiger partial charge in [0.05, 0.1) is 18.1 Å². The van der Waals surface area contributed by atoms with Gasteiger partial charge in [-0.15, -0.1) is 11.3 Å².